The van der Waals surface area contributed by atoms with Gasteiger partial charge in [-0.05, 0) is 67.0 Å². The first-order valence-electron chi connectivity index (χ1n) is 11.3. The molecule has 0 radical (unpaired) electrons. The molecule has 0 unspecified atom stereocenters. The van der Waals surface area contributed by atoms with Crippen LogP contribution in [0.25, 0.3) is 0 Å². The van der Waals surface area contributed by atoms with Crippen molar-refractivity contribution in [2.24, 2.45) is 17.8 Å². The zero-order valence-electron chi connectivity index (χ0n) is 19.2. The Hall–Kier alpha value is -2.67. The van der Waals surface area contributed by atoms with Crippen LogP contribution < -0.4 is 5.32 Å². The number of halogens is 1. The van der Waals surface area contributed by atoms with Crippen LogP contribution in [0.5, 0.6) is 0 Å². The lowest BCUT2D eigenvalue weighted by atomic mass is 9.75. The zero-order chi connectivity index (χ0) is 24.0. The highest BCUT2D eigenvalue weighted by Crippen LogP contribution is 2.35. The van der Waals surface area contributed by atoms with Crippen molar-refractivity contribution in [3.63, 3.8) is 0 Å². The van der Waals surface area contributed by atoms with Crippen molar-refractivity contribution in [1.82, 2.24) is 0 Å². The Morgan fingerprint density at radius 1 is 1.00 bits per heavy atom. The molecule has 33 heavy (non-hydrogen) atoms. The van der Waals surface area contributed by atoms with Gasteiger partial charge in [0.05, 0.1) is 11.1 Å². The van der Waals surface area contributed by atoms with Crippen molar-refractivity contribution in [1.29, 1.82) is 0 Å². The molecule has 0 saturated heterocycles. The highest BCUT2D eigenvalue weighted by molar-refractivity contribution is 9.10. The van der Waals surface area contributed by atoms with Crippen LogP contribution in [0.1, 0.15) is 60.7 Å². The smallest absolute Gasteiger partial charge is 0.339 e. The fraction of sp³-hybridized carbons (Fsp3) is 0.423. The topological polar surface area (TPSA) is 81.7 Å². The first kappa shape index (κ1) is 25.0. The van der Waals surface area contributed by atoms with Crippen LogP contribution in [0.4, 0.5) is 5.69 Å². The minimum Gasteiger partial charge on any atom is -0.458 e. The molecule has 1 saturated carbocycles. The number of nitrogens with one attached hydrogen (secondary N) is 1. The van der Waals surface area contributed by atoms with E-state index in [-0.39, 0.29) is 17.2 Å². The maximum absolute atomic E-state index is 13.0. The summed E-state index contributed by atoms with van der Waals surface area (Å²) >= 11 is 3.33. The summed E-state index contributed by atoms with van der Waals surface area (Å²) in [6, 6.07) is 13.4. The van der Waals surface area contributed by atoms with Gasteiger partial charge in [0.25, 0.3) is 5.91 Å². The molecule has 1 fully saturated rings. The molecule has 0 aliphatic heterocycles. The molecule has 176 valence electrons. The highest BCUT2D eigenvalue weighted by atomic mass is 79.9. The summed E-state index contributed by atoms with van der Waals surface area (Å²) in [6.07, 6.45) is 2.79. The van der Waals surface area contributed by atoms with Gasteiger partial charge in [-0.1, -0.05) is 55.3 Å². The normalized spacial score (nSPS) is 20.2. The van der Waals surface area contributed by atoms with Gasteiger partial charge in [0.2, 0.25) is 0 Å². The maximum atomic E-state index is 13.0. The Labute approximate surface area is 203 Å². The van der Waals surface area contributed by atoms with E-state index in [9.17, 15) is 14.4 Å². The Bertz CT molecular complexity index is 988. The highest BCUT2D eigenvalue weighted by Gasteiger charge is 2.34. The first-order chi connectivity index (χ1) is 15.7. The number of hydrogen-bond acceptors (Lipinski definition) is 5. The lowest BCUT2D eigenvalue weighted by Crippen LogP contribution is -2.36. The molecule has 0 heterocycles. The van der Waals surface area contributed by atoms with Gasteiger partial charge in [-0.3, -0.25) is 4.79 Å². The van der Waals surface area contributed by atoms with E-state index in [0.717, 1.165) is 23.7 Å². The van der Waals surface area contributed by atoms with E-state index in [0.29, 0.717) is 23.4 Å². The van der Waals surface area contributed by atoms with E-state index in [2.05, 4.69) is 42.0 Å². The van der Waals surface area contributed by atoms with Crippen molar-refractivity contribution in [2.75, 3.05) is 11.9 Å². The van der Waals surface area contributed by atoms with Crippen molar-refractivity contribution in [3.05, 3.63) is 64.1 Å². The Balaban J connectivity index is 1.63. The number of hydrogen-bond donors (Lipinski definition) is 1. The summed E-state index contributed by atoms with van der Waals surface area (Å²) in [7, 11) is 0. The van der Waals surface area contributed by atoms with Gasteiger partial charge in [0, 0.05) is 10.2 Å². The number of ether oxygens (including phenoxy) is 2. The van der Waals surface area contributed by atoms with Crippen molar-refractivity contribution in [3.8, 4) is 0 Å². The summed E-state index contributed by atoms with van der Waals surface area (Å²) in [5, 5.41) is 2.66. The van der Waals surface area contributed by atoms with Crippen LogP contribution >= 0.6 is 15.9 Å². The fourth-order valence-corrected chi connectivity index (χ4v) is 4.49. The summed E-state index contributed by atoms with van der Waals surface area (Å²) in [5.41, 5.74) is 0.824. The fourth-order valence-electron chi connectivity index (χ4n) is 4.23. The first-order valence-corrected chi connectivity index (χ1v) is 12.1. The third kappa shape index (κ3) is 6.90. The number of carbonyl (C=O) groups is 3. The molecular weight excluding hydrogens is 486 g/mol. The van der Waals surface area contributed by atoms with E-state index in [1.54, 1.807) is 42.5 Å². The summed E-state index contributed by atoms with van der Waals surface area (Å²) in [5.74, 6) is -0.562. The van der Waals surface area contributed by atoms with Gasteiger partial charge in [0.1, 0.15) is 6.10 Å². The third-order valence-corrected chi connectivity index (χ3v) is 6.58. The lowest BCUT2D eigenvalue weighted by molar-refractivity contribution is -0.119. The maximum Gasteiger partial charge on any atom is 0.339 e. The molecule has 6 nitrogen and oxygen atoms in total. The van der Waals surface area contributed by atoms with E-state index >= 15 is 0 Å². The largest absolute Gasteiger partial charge is 0.458 e. The summed E-state index contributed by atoms with van der Waals surface area (Å²) in [4.78, 5) is 37.8. The molecule has 1 N–H and O–H groups in total. The van der Waals surface area contributed by atoms with Gasteiger partial charge < -0.3 is 14.8 Å². The van der Waals surface area contributed by atoms with Crippen molar-refractivity contribution in [2.45, 2.75) is 46.1 Å². The SMILES string of the molecule is CC(C)[C@@H]1CC[C@@H](C)C[C@@H]1OC(=O)c1ccccc1C(=O)OCC(=O)Nc1ccc(Br)cc1. The zero-order valence-corrected chi connectivity index (χ0v) is 20.8. The lowest BCUT2D eigenvalue weighted by Gasteiger charge is -2.36. The molecule has 3 atom stereocenters. The third-order valence-electron chi connectivity index (χ3n) is 6.05. The molecule has 1 aliphatic rings. The Kier molecular flexibility index (Phi) is 8.67. The molecular formula is C26H30BrNO5. The summed E-state index contributed by atoms with van der Waals surface area (Å²) in [6.45, 7) is 5.99. The average molecular weight is 516 g/mol. The number of amides is 1. The molecule has 2 aromatic carbocycles. The second-order valence-electron chi connectivity index (χ2n) is 8.95. The molecule has 1 amide bonds. The minimum absolute atomic E-state index is 0.0869. The standard InChI is InChI=1S/C26H30BrNO5/c1-16(2)20-13-8-17(3)14-23(20)33-26(31)22-7-5-4-6-21(22)25(30)32-15-24(29)28-19-11-9-18(27)10-12-19/h4-7,9-12,16-17,20,23H,8,13-15H2,1-3H3,(H,28,29)/t17-,20+,23+/m1/s1. The molecule has 7 heteroatoms. The van der Waals surface area contributed by atoms with Crippen LogP contribution in [0.15, 0.2) is 53.0 Å². The molecule has 1 aliphatic carbocycles. The molecule has 0 spiro atoms. The number of rotatable bonds is 7. The van der Waals surface area contributed by atoms with Gasteiger partial charge in [0.15, 0.2) is 6.61 Å². The van der Waals surface area contributed by atoms with E-state index in [4.69, 9.17) is 9.47 Å². The second-order valence-corrected chi connectivity index (χ2v) is 9.86. The molecule has 0 aromatic heterocycles. The molecule has 2 aromatic rings. The van der Waals surface area contributed by atoms with Gasteiger partial charge in [-0.15, -0.1) is 0 Å². The monoisotopic (exact) mass is 515 g/mol. The predicted molar refractivity (Wildman–Crippen MR) is 130 cm³/mol. The van der Waals surface area contributed by atoms with Crippen LogP contribution in [0.2, 0.25) is 0 Å². The van der Waals surface area contributed by atoms with Crippen molar-refractivity contribution < 1.29 is 23.9 Å². The van der Waals surface area contributed by atoms with E-state index in [1.165, 1.54) is 6.07 Å². The molecule has 0 bridgehead atoms. The number of carbonyl (C=O) groups excluding carboxylic acids is 3. The van der Waals surface area contributed by atoms with Crippen molar-refractivity contribution >= 4 is 39.5 Å². The van der Waals surface area contributed by atoms with Gasteiger partial charge in [-0.25, -0.2) is 9.59 Å². The number of benzene rings is 2. The Morgan fingerprint density at radius 3 is 2.27 bits per heavy atom. The van der Waals surface area contributed by atoms with Crippen LogP contribution in [-0.4, -0.2) is 30.6 Å². The Morgan fingerprint density at radius 2 is 1.64 bits per heavy atom. The number of anilines is 1. The van der Waals surface area contributed by atoms with Crippen LogP contribution in [0.3, 0.4) is 0 Å². The van der Waals surface area contributed by atoms with Gasteiger partial charge >= 0.3 is 11.9 Å². The predicted octanol–water partition coefficient (Wildman–Crippen LogP) is 5.86. The average Bonchev–Trinajstić information content (AvgIpc) is 2.79. The van der Waals surface area contributed by atoms with Gasteiger partial charge in [-0.2, -0.15) is 0 Å². The van der Waals surface area contributed by atoms with E-state index < -0.39 is 24.5 Å². The quantitative estimate of drug-likeness (QED) is 0.466. The minimum atomic E-state index is -0.745. The van der Waals surface area contributed by atoms with E-state index in [1.807, 2.05) is 0 Å². The van der Waals surface area contributed by atoms with Crippen LogP contribution in [-0.2, 0) is 14.3 Å². The number of esters is 2. The summed E-state index contributed by atoms with van der Waals surface area (Å²) < 4.78 is 12.0. The molecule has 3 rings (SSSR count). The second kappa shape index (κ2) is 11.5. The van der Waals surface area contributed by atoms with Crippen LogP contribution in [0, 0.1) is 17.8 Å².